The molecule has 0 aromatic carbocycles. The maximum absolute atomic E-state index is 4.46. The van der Waals surface area contributed by atoms with Crippen molar-refractivity contribution in [3.05, 3.63) is 17.6 Å². The van der Waals surface area contributed by atoms with E-state index in [0.717, 1.165) is 25.2 Å². The molecule has 3 rings (SSSR count). The molecule has 4 nitrogen and oxygen atoms in total. The third-order valence-corrected chi connectivity index (χ3v) is 4.51. The van der Waals surface area contributed by atoms with Crippen molar-refractivity contribution in [2.75, 3.05) is 31.5 Å². The molecule has 1 atom stereocenters. The monoisotopic (exact) mass is 274 g/mol. The Morgan fingerprint density at radius 1 is 1.15 bits per heavy atom. The second kappa shape index (κ2) is 6.53. The van der Waals surface area contributed by atoms with Gasteiger partial charge in [0.25, 0.3) is 0 Å². The van der Waals surface area contributed by atoms with E-state index in [1.54, 1.807) is 6.33 Å². The zero-order valence-corrected chi connectivity index (χ0v) is 12.6. The summed E-state index contributed by atoms with van der Waals surface area (Å²) in [5.74, 6) is 1.75. The summed E-state index contributed by atoms with van der Waals surface area (Å²) in [7, 11) is 0. The predicted octanol–water partition coefficient (Wildman–Crippen LogP) is 2.50. The van der Waals surface area contributed by atoms with Gasteiger partial charge in [0.1, 0.15) is 12.1 Å². The zero-order chi connectivity index (χ0) is 13.8. The lowest BCUT2D eigenvalue weighted by molar-refractivity contribution is 0.294. The summed E-state index contributed by atoms with van der Waals surface area (Å²) in [6.07, 6.45) is 9.28. The van der Waals surface area contributed by atoms with Crippen molar-refractivity contribution in [1.82, 2.24) is 14.9 Å². The minimum atomic E-state index is 0.669. The molecule has 0 bridgehead atoms. The van der Waals surface area contributed by atoms with Gasteiger partial charge in [-0.1, -0.05) is 6.92 Å². The SMILES string of the molecule is CC(CNc1ncnc2c1CCCC2)CN1CCCC1. The highest BCUT2D eigenvalue weighted by Crippen LogP contribution is 2.24. The fraction of sp³-hybridized carbons (Fsp3) is 0.750. The van der Waals surface area contributed by atoms with Gasteiger partial charge in [0.05, 0.1) is 0 Å². The number of anilines is 1. The fourth-order valence-corrected chi connectivity index (χ4v) is 3.41. The van der Waals surface area contributed by atoms with Gasteiger partial charge < -0.3 is 10.2 Å². The summed E-state index contributed by atoms with van der Waals surface area (Å²) in [5, 5.41) is 3.57. The molecule has 1 aliphatic carbocycles. The molecule has 1 fully saturated rings. The maximum Gasteiger partial charge on any atom is 0.132 e. The van der Waals surface area contributed by atoms with Gasteiger partial charge in [0.15, 0.2) is 0 Å². The van der Waals surface area contributed by atoms with Crippen molar-refractivity contribution in [3.63, 3.8) is 0 Å². The van der Waals surface area contributed by atoms with E-state index in [-0.39, 0.29) is 0 Å². The second-order valence-electron chi connectivity index (χ2n) is 6.35. The largest absolute Gasteiger partial charge is 0.369 e. The van der Waals surface area contributed by atoms with Gasteiger partial charge in [-0.2, -0.15) is 0 Å². The first-order valence-electron chi connectivity index (χ1n) is 8.12. The number of nitrogens with one attached hydrogen (secondary N) is 1. The summed E-state index contributed by atoms with van der Waals surface area (Å²) < 4.78 is 0. The number of aryl methyl sites for hydroxylation is 1. The molecule has 0 amide bonds. The third kappa shape index (κ3) is 3.29. The number of hydrogen-bond donors (Lipinski definition) is 1. The summed E-state index contributed by atoms with van der Waals surface area (Å²) in [6.45, 7) is 7.12. The predicted molar refractivity (Wildman–Crippen MR) is 82.0 cm³/mol. The molecule has 0 spiro atoms. The lowest BCUT2D eigenvalue weighted by Crippen LogP contribution is -2.29. The van der Waals surface area contributed by atoms with Crippen molar-refractivity contribution in [1.29, 1.82) is 0 Å². The molecule has 1 saturated heterocycles. The van der Waals surface area contributed by atoms with Gasteiger partial charge in [-0.15, -0.1) is 0 Å². The van der Waals surface area contributed by atoms with Crippen LogP contribution < -0.4 is 5.32 Å². The molecule has 110 valence electrons. The van der Waals surface area contributed by atoms with Crippen LogP contribution in [-0.2, 0) is 12.8 Å². The highest BCUT2D eigenvalue weighted by atomic mass is 15.1. The molecule has 0 saturated carbocycles. The Kier molecular flexibility index (Phi) is 4.51. The standard InChI is InChI=1S/C16H26N4/c1-13(11-20-8-4-5-9-20)10-17-16-14-6-2-3-7-15(14)18-12-19-16/h12-13H,2-11H2,1H3,(H,17,18,19). The van der Waals surface area contributed by atoms with Crippen LogP contribution in [-0.4, -0.2) is 41.0 Å². The number of nitrogens with zero attached hydrogens (tertiary/aromatic N) is 3. The van der Waals surface area contributed by atoms with E-state index in [0.29, 0.717) is 5.92 Å². The lowest BCUT2D eigenvalue weighted by atomic mass is 9.96. The van der Waals surface area contributed by atoms with Crippen molar-refractivity contribution < 1.29 is 0 Å². The van der Waals surface area contributed by atoms with Crippen LogP contribution in [0.1, 0.15) is 43.9 Å². The van der Waals surface area contributed by atoms with Crippen LogP contribution in [0.25, 0.3) is 0 Å². The van der Waals surface area contributed by atoms with Crippen molar-refractivity contribution in [3.8, 4) is 0 Å². The highest BCUT2D eigenvalue weighted by Gasteiger charge is 2.17. The van der Waals surface area contributed by atoms with Crippen LogP contribution in [0.5, 0.6) is 0 Å². The van der Waals surface area contributed by atoms with Crippen molar-refractivity contribution in [2.45, 2.75) is 45.4 Å². The first-order valence-corrected chi connectivity index (χ1v) is 8.12. The van der Waals surface area contributed by atoms with Gasteiger partial charge in [0, 0.05) is 24.3 Å². The topological polar surface area (TPSA) is 41.1 Å². The van der Waals surface area contributed by atoms with E-state index in [4.69, 9.17) is 0 Å². The van der Waals surface area contributed by atoms with E-state index >= 15 is 0 Å². The van der Waals surface area contributed by atoms with Gasteiger partial charge >= 0.3 is 0 Å². The number of fused-ring (bicyclic) bond motifs is 1. The normalized spacial score (nSPS) is 20.6. The minimum Gasteiger partial charge on any atom is -0.369 e. The molecule has 2 aliphatic rings. The molecule has 1 unspecified atom stereocenters. The Morgan fingerprint density at radius 3 is 2.80 bits per heavy atom. The Labute approximate surface area is 122 Å². The van der Waals surface area contributed by atoms with Crippen LogP contribution in [0, 0.1) is 5.92 Å². The van der Waals surface area contributed by atoms with Crippen LogP contribution in [0.3, 0.4) is 0 Å². The van der Waals surface area contributed by atoms with E-state index in [1.807, 2.05) is 0 Å². The third-order valence-electron chi connectivity index (χ3n) is 4.51. The van der Waals surface area contributed by atoms with Crippen molar-refractivity contribution >= 4 is 5.82 Å². The number of likely N-dealkylation sites (tertiary alicyclic amines) is 1. The summed E-state index contributed by atoms with van der Waals surface area (Å²) >= 11 is 0. The average molecular weight is 274 g/mol. The number of rotatable bonds is 5. The van der Waals surface area contributed by atoms with Gasteiger partial charge in [0.2, 0.25) is 0 Å². The summed E-state index contributed by atoms with van der Waals surface area (Å²) in [5.41, 5.74) is 2.63. The summed E-state index contributed by atoms with van der Waals surface area (Å²) in [6, 6.07) is 0. The van der Waals surface area contributed by atoms with Gasteiger partial charge in [-0.05, 0) is 57.5 Å². The average Bonchev–Trinajstić information content (AvgIpc) is 2.98. The molecule has 0 radical (unpaired) electrons. The summed E-state index contributed by atoms with van der Waals surface area (Å²) in [4.78, 5) is 11.5. The molecule has 1 aliphatic heterocycles. The van der Waals surface area contributed by atoms with Crippen LogP contribution in [0.15, 0.2) is 6.33 Å². The molecular weight excluding hydrogens is 248 g/mol. The Hall–Kier alpha value is -1.16. The van der Waals surface area contributed by atoms with E-state index in [9.17, 15) is 0 Å². The van der Waals surface area contributed by atoms with Crippen molar-refractivity contribution in [2.24, 2.45) is 5.92 Å². The van der Waals surface area contributed by atoms with E-state index < -0.39 is 0 Å². The molecule has 1 N–H and O–H groups in total. The number of hydrogen-bond acceptors (Lipinski definition) is 4. The minimum absolute atomic E-state index is 0.669. The first kappa shape index (κ1) is 13.8. The molecule has 4 heteroatoms. The van der Waals surface area contributed by atoms with Crippen LogP contribution >= 0.6 is 0 Å². The smallest absolute Gasteiger partial charge is 0.132 e. The zero-order valence-electron chi connectivity index (χ0n) is 12.6. The fourth-order valence-electron chi connectivity index (χ4n) is 3.41. The Bertz CT molecular complexity index is 440. The van der Waals surface area contributed by atoms with Crippen LogP contribution in [0.2, 0.25) is 0 Å². The second-order valence-corrected chi connectivity index (χ2v) is 6.35. The highest BCUT2D eigenvalue weighted by molar-refractivity contribution is 5.46. The molecule has 2 heterocycles. The molecule has 20 heavy (non-hydrogen) atoms. The van der Waals surface area contributed by atoms with Gasteiger partial charge in [-0.3, -0.25) is 0 Å². The molecular formula is C16H26N4. The number of aromatic nitrogens is 2. The maximum atomic E-state index is 4.46. The first-order chi connectivity index (χ1) is 9.83. The molecule has 1 aromatic heterocycles. The van der Waals surface area contributed by atoms with E-state index in [1.165, 1.54) is 56.6 Å². The van der Waals surface area contributed by atoms with Crippen LogP contribution in [0.4, 0.5) is 5.82 Å². The lowest BCUT2D eigenvalue weighted by Gasteiger charge is -2.22. The molecule has 1 aromatic rings. The Morgan fingerprint density at radius 2 is 1.95 bits per heavy atom. The van der Waals surface area contributed by atoms with Gasteiger partial charge in [-0.25, -0.2) is 9.97 Å². The van der Waals surface area contributed by atoms with E-state index in [2.05, 4.69) is 27.1 Å². The quantitative estimate of drug-likeness (QED) is 0.895. The Balaban J connectivity index is 1.55.